The van der Waals surface area contributed by atoms with Crippen molar-refractivity contribution in [2.45, 2.75) is 32.2 Å². The van der Waals surface area contributed by atoms with Crippen molar-refractivity contribution in [1.29, 1.82) is 0 Å². The predicted octanol–water partition coefficient (Wildman–Crippen LogP) is 1.35. The number of imidazole rings is 1. The van der Waals surface area contributed by atoms with Crippen LogP contribution in [0.1, 0.15) is 25.7 Å². The molecule has 1 saturated heterocycles. The molecule has 4 nitrogen and oxygen atoms in total. The van der Waals surface area contributed by atoms with Gasteiger partial charge in [0, 0.05) is 18.9 Å². The molecule has 1 N–H and O–H groups in total. The molecule has 4 heteroatoms. The average Bonchev–Trinajstić information content (AvgIpc) is 3.00. The van der Waals surface area contributed by atoms with Crippen LogP contribution in [0.3, 0.4) is 0 Å². The Morgan fingerprint density at radius 3 is 2.53 bits per heavy atom. The maximum Gasteiger partial charge on any atom is 0.0945 e. The zero-order valence-electron chi connectivity index (χ0n) is 10.6. The highest BCUT2D eigenvalue weighted by atomic mass is 15.1. The summed E-state index contributed by atoms with van der Waals surface area (Å²) in [4.78, 5) is 6.61. The molecule has 1 aliphatic heterocycles. The van der Waals surface area contributed by atoms with E-state index in [1.54, 1.807) is 0 Å². The van der Waals surface area contributed by atoms with E-state index in [1.807, 2.05) is 18.7 Å². The third-order valence-corrected chi connectivity index (χ3v) is 3.36. The lowest BCUT2D eigenvalue weighted by atomic mass is 10.3. The van der Waals surface area contributed by atoms with Gasteiger partial charge in [-0.05, 0) is 58.4 Å². The lowest BCUT2D eigenvalue weighted by molar-refractivity contribution is 0.331. The van der Waals surface area contributed by atoms with Gasteiger partial charge in [0.25, 0.3) is 0 Å². The first-order valence-electron chi connectivity index (χ1n) is 6.84. The minimum atomic E-state index is 1.07. The van der Waals surface area contributed by atoms with Gasteiger partial charge in [0.05, 0.1) is 6.33 Å². The normalized spacial score (nSPS) is 16.7. The highest BCUT2D eigenvalue weighted by Gasteiger charge is 2.09. The van der Waals surface area contributed by atoms with E-state index in [0.717, 1.165) is 19.6 Å². The molecule has 1 aliphatic rings. The van der Waals surface area contributed by atoms with Crippen LogP contribution in [0.5, 0.6) is 0 Å². The summed E-state index contributed by atoms with van der Waals surface area (Å²) in [6.45, 7) is 7.24. The maximum absolute atomic E-state index is 4.03. The van der Waals surface area contributed by atoms with E-state index in [1.165, 1.54) is 45.3 Å². The number of nitrogens with one attached hydrogen (secondary N) is 1. The quantitative estimate of drug-likeness (QED) is 0.692. The number of hydrogen-bond acceptors (Lipinski definition) is 3. The lowest BCUT2D eigenvalue weighted by Gasteiger charge is -2.14. The highest BCUT2D eigenvalue weighted by molar-refractivity contribution is 4.73. The van der Waals surface area contributed by atoms with Crippen molar-refractivity contribution < 1.29 is 0 Å². The summed E-state index contributed by atoms with van der Waals surface area (Å²) in [5, 5.41) is 3.51. The standard InChI is InChI=1S/C13H24N4/c1-2-9-16(8-1)10-3-5-14-6-4-11-17-12-7-15-13-17/h7,12-14H,1-6,8-11H2. The summed E-state index contributed by atoms with van der Waals surface area (Å²) in [6.07, 6.45) is 11.0. The van der Waals surface area contributed by atoms with Crippen molar-refractivity contribution in [2.24, 2.45) is 0 Å². The minimum absolute atomic E-state index is 1.07. The molecule has 0 unspecified atom stereocenters. The number of hydrogen-bond donors (Lipinski definition) is 1. The molecule has 0 amide bonds. The summed E-state index contributed by atoms with van der Waals surface area (Å²) in [5.74, 6) is 0. The Kier molecular flexibility index (Phi) is 5.52. The zero-order chi connectivity index (χ0) is 11.8. The van der Waals surface area contributed by atoms with Crippen LogP contribution in [0, 0.1) is 0 Å². The van der Waals surface area contributed by atoms with Gasteiger partial charge in [0.1, 0.15) is 0 Å². The molecular formula is C13H24N4. The van der Waals surface area contributed by atoms with Gasteiger partial charge >= 0.3 is 0 Å². The van der Waals surface area contributed by atoms with Crippen LogP contribution in [-0.4, -0.2) is 47.2 Å². The molecule has 2 heterocycles. The fourth-order valence-corrected chi connectivity index (χ4v) is 2.36. The van der Waals surface area contributed by atoms with E-state index < -0.39 is 0 Å². The summed E-state index contributed by atoms with van der Waals surface area (Å²) < 4.78 is 2.13. The molecule has 0 aliphatic carbocycles. The molecule has 2 rings (SSSR count). The van der Waals surface area contributed by atoms with Crippen LogP contribution >= 0.6 is 0 Å². The summed E-state index contributed by atoms with van der Waals surface area (Å²) in [6, 6.07) is 0. The Labute approximate surface area is 104 Å². The topological polar surface area (TPSA) is 33.1 Å². The Bertz CT molecular complexity index is 278. The second kappa shape index (κ2) is 7.45. The average molecular weight is 236 g/mol. The largest absolute Gasteiger partial charge is 0.337 e. The monoisotopic (exact) mass is 236 g/mol. The number of aryl methyl sites for hydroxylation is 1. The fraction of sp³-hybridized carbons (Fsp3) is 0.769. The number of likely N-dealkylation sites (tertiary alicyclic amines) is 1. The van der Waals surface area contributed by atoms with Gasteiger partial charge < -0.3 is 14.8 Å². The lowest BCUT2D eigenvalue weighted by Crippen LogP contribution is -2.25. The molecule has 0 atom stereocenters. The summed E-state index contributed by atoms with van der Waals surface area (Å²) in [5.41, 5.74) is 0. The molecule has 0 bridgehead atoms. The van der Waals surface area contributed by atoms with Crippen molar-refractivity contribution >= 4 is 0 Å². The van der Waals surface area contributed by atoms with Crippen LogP contribution in [0.15, 0.2) is 18.7 Å². The van der Waals surface area contributed by atoms with Gasteiger partial charge in [-0.25, -0.2) is 4.98 Å². The number of aromatic nitrogens is 2. The number of rotatable bonds is 8. The Morgan fingerprint density at radius 1 is 1.06 bits per heavy atom. The van der Waals surface area contributed by atoms with Gasteiger partial charge in [-0.15, -0.1) is 0 Å². The van der Waals surface area contributed by atoms with E-state index in [0.29, 0.717) is 0 Å². The van der Waals surface area contributed by atoms with Crippen LogP contribution in [-0.2, 0) is 6.54 Å². The fourth-order valence-electron chi connectivity index (χ4n) is 2.36. The van der Waals surface area contributed by atoms with E-state index in [4.69, 9.17) is 0 Å². The molecule has 1 aromatic rings. The smallest absolute Gasteiger partial charge is 0.0945 e. The first kappa shape index (κ1) is 12.6. The van der Waals surface area contributed by atoms with E-state index >= 15 is 0 Å². The van der Waals surface area contributed by atoms with E-state index in [9.17, 15) is 0 Å². The first-order chi connectivity index (χ1) is 8.45. The number of nitrogens with zero attached hydrogens (tertiary/aromatic N) is 3. The van der Waals surface area contributed by atoms with Gasteiger partial charge in [-0.1, -0.05) is 0 Å². The van der Waals surface area contributed by atoms with Crippen molar-refractivity contribution in [1.82, 2.24) is 19.8 Å². The van der Waals surface area contributed by atoms with Crippen molar-refractivity contribution in [3.8, 4) is 0 Å². The highest BCUT2D eigenvalue weighted by Crippen LogP contribution is 2.06. The van der Waals surface area contributed by atoms with Gasteiger partial charge in [0.15, 0.2) is 0 Å². The van der Waals surface area contributed by atoms with Gasteiger partial charge in [-0.3, -0.25) is 0 Å². The summed E-state index contributed by atoms with van der Waals surface area (Å²) >= 11 is 0. The first-order valence-corrected chi connectivity index (χ1v) is 6.84. The van der Waals surface area contributed by atoms with Gasteiger partial charge in [0.2, 0.25) is 0 Å². The van der Waals surface area contributed by atoms with Crippen molar-refractivity contribution in [3.05, 3.63) is 18.7 Å². The van der Waals surface area contributed by atoms with Crippen molar-refractivity contribution in [2.75, 3.05) is 32.7 Å². The molecule has 17 heavy (non-hydrogen) atoms. The Hall–Kier alpha value is -0.870. The summed E-state index contributed by atoms with van der Waals surface area (Å²) in [7, 11) is 0. The van der Waals surface area contributed by atoms with E-state index in [-0.39, 0.29) is 0 Å². The molecule has 96 valence electrons. The van der Waals surface area contributed by atoms with Crippen LogP contribution in [0.2, 0.25) is 0 Å². The third kappa shape index (κ3) is 4.88. The van der Waals surface area contributed by atoms with Crippen molar-refractivity contribution in [3.63, 3.8) is 0 Å². The molecule has 0 radical (unpaired) electrons. The van der Waals surface area contributed by atoms with E-state index in [2.05, 4.69) is 19.8 Å². The molecule has 0 spiro atoms. The van der Waals surface area contributed by atoms with Crippen LogP contribution in [0.25, 0.3) is 0 Å². The SMILES string of the molecule is c1cn(CCCNCCCN2CCCC2)cn1. The predicted molar refractivity (Wildman–Crippen MR) is 70.0 cm³/mol. The van der Waals surface area contributed by atoms with Crippen LogP contribution < -0.4 is 5.32 Å². The maximum atomic E-state index is 4.03. The molecule has 0 aromatic carbocycles. The Balaban J connectivity index is 1.39. The van der Waals surface area contributed by atoms with Gasteiger partial charge in [-0.2, -0.15) is 0 Å². The molecule has 1 fully saturated rings. The second-order valence-electron chi connectivity index (χ2n) is 4.81. The van der Waals surface area contributed by atoms with Crippen LogP contribution in [0.4, 0.5) is 0 Å². The molecule has 1 aromatic heterocycles. The third-order valence-electron chi connectivity index (χ3n) is 3.36. The zero-order valence-corrected chi connectivity index (χ0v) is 10.6. The molecular weight excluding hydrogens is 212 g/mol. The Morgan fingerprint density at radius 2 is 1.82 bits per heavy atom. The molecule has 0 saturated carbocycles. The minimum Gasteiger partial charge on any atom is -0.337 e. The second-order valence-corrected chi connectivity index (χ2v) is 4.81.